The van der Waals surface area contributed by atoms with Crippen LogP contribution in [0.5, 0.6) is 0 Å². The monoisotopic (exact) mass is 180 g/mol. The number of nitrogens with one attached hydrogen (secondary N) is 1. The van der Waals surface area contributed by atoms with Crippen molar-refractivity contribution < 1.29 is 0 Å². The van der Waals surface area contributed by atoms with Gasteiger partial charge in [-0.05, 0) is 13.3 Å². The highest BCUT2D eigenvalue weighted by Gasteiger charge is 2.20. The number of aliphatic imine (C=N–C) groups is 1. The number of nitriles is 1. The number of hydrogen-bond acceptors (Lipinski definition) is 4. The van der Waals surface area contributed by atoms with Crippen LogP contribution in [0.25, 0.3) is 0 Å². The van der Waals surface area contributed by atoms with E-state index in [4.69, 9.17) is 5.26 Å². The van der Waals surface area contributed by atoms with Gasteiger partial charge in [0.25, 0.3) is 0 Å². The zero-order chi connectivity index (χ0) is 9.68. The molecule has 0 radical (unpaired) electrons. The lowest BCUT2D eigenvalue weighted by molar-refractivity contribution is 0.413. The lowest BCUT2D eigenvalue weighted by atomic mass is 10.3. The molecule has 0 aromatic carbocycles. The maximum atomic E-state index is 8.49. The Hall–Kier alpha value is -1.24. The Balaban J connectivity index is 2.46. The van der Waals surface area contributed by atoms with Crippen molar-refractivity contribution in [3.63, 3.8) is 0 Å². The van der Waals surface area contributed by atoms with Gasteiger partial charge >= 0.3 is 0 Å². The molecule has 0 bridgehead atoms. The number of guanidine groups is 1. The Morgan fingerprint density at radius 2 is 2.54 bits per heavy atom. The van der Waals surface area contributed by atoms with Crippen LogP contribution >= 0.6 is 0 Å². The molecule has 1 unspecified atom stereocenters. The predicted octanol–water partition coefficient (Wildman–Crippen LogP) is 0.917. The zero-order valence-corrected chi connectivity index (χ0v) is 8.25. The fourth-order valence-electron chi connectivity index (χ4n) is 1.44. The van der Waals surface area contributed by atoms with Crippen molar-refractivity contribution in [1.29, 1.82) is 5.26 Å². The summed E-state index contributed by atoms with van der Waals surface area (Å²) in [5.74, 6) is 0.739. The topological polar surface area (TPSA) is 51.4 Å². The Kier molecular flexibility index (Phi) is 3.56. The second-order valence-corrected chi connectivity index (χ2v) is 3.34. The first-order chi connectivity index (χ1) is 6.27. The Bertz CT molecular complexity index is 228. The third-order valence-electron chi connectivity index (χ3n) is 2.08. The summed E-state index contributed by atoms with van der Waals surface area (Å²) >= 11 is 0. The quantitative estimate of drug-likeness (QED) is 0.519. The number of hydrogen-bond donors (Lipinski definition) is 1. The highest BCUT2D eigenvalue weighted by atomic mass is 15.3. The van der Waals surface area contributed by atoms with Crippen LogP contribution in [0.1, 0.15) is 26.7 Å². The maximum absolute atomic E-state index is 8.49. The summed E-state index contributed by atoms with van der Waals surface area (Å²) in [6.07, 6.45) is 4.24. The second kappa shape index (κ2) is 4.70. The average molecular weight is 180 g/mol. The molecule has 0 saturated carbocycles. The lowest BCUT2D eigenvalue weighted by Gasteiger charge is -2.18. The third kappa shape index (κ3) is 2.62. The van der Waals surface area contributed by atoms with Crippen molar-refractivity contribution in [3.05, 3.63) is 0 Å². The molecular formula is C9H16N4. The number of nitrogens with zero attached hydrogens (tertiary/aromatic N) is 3. The number of rotatable bonds is 3. The van der Waals surface area contributed by atoms with Gasteiger partial charge in [-0.3, -0.25) is 5.32 Å². The van der Waals surface area contributed by atoms with E-state index < -0.39 is 0 Å². The first-order valence-corrected chi connectivity index (χ1v) is 4.75. The molecule has 72 valence electrons. The van der Waals surface area contributed by atoms with E-state index in [1.165, 1.54) is 6.42 Å². The highest BCUT2D eigenvalue weighted by molar-refractivity contribution is 5.83. The van der Waals surface area contributed by atoms with Crippen LogP contribution in [-0.4, -0.2) is 30.0 Å². The van der Waals surface area contributed by atoms with E-state index in [9.17, 15) is 0 Å². The minimum atomic E-state index is 0.313. The van der Waals surface area contributed by atoms with Crippen LogP contribution in [0.4, 0.5) is 0 Å². The zero-order valence-electron chi connectivity index (χ0n) is 8.25. The van der Waals surface area contributed by atoms with Crippen LogP contribution in [0.2, 0.25) is 0 Å². The van der Waals surface area contributed by atoms with E-state index >= 15 is 0 Å². The molecule has 0 spiro atoms. The molecule has 13 heavy (non-hydrogen) atoms. The molecule has 1 aliphatic heterocycles. The van der Waals surface area contributed by atoms with Crippen molar-refractivity contribution in [2.45, 2.75) is 32.7 Å². The summed E-state index contributed by atoms with van der Waals surface area (Å²) in [4.78, 5) is 6.46. The molecule has 0 aliphatic carbocycles. The van der Waals surface area contributed by atoms with E-state index in [1.807, 2.05) is 6.19 Å². The number of unbranched alkanes of at least 4 members (excludes halogenated alkanes) is 1. The third-order valence-corrected chi connectivity index (χ3v) is 2.08. The molecule has 1 heterocycles. The normalized spacial score (nSPS) is 21.2. The molecule has 1 atom stereocenters. The smallest absolute Gasteiger partial charge is 0.207 e. The largest absolute Gasteiger partial charge is 0.340 e. The van der Waals surface area contributed by atoms with Gasteiger partial charge < -0.3 is 4.90 Å². The molecule has 0 saturated heterocycles. The van der Waals surface area contributed by atoms with Crippen LogP contribution in [0.15, 0.2) is 4.99 Å². The maximum Gasteiger partial charge on any atom is 0.207 e. The first kappa shape index (κ1) is 9.85. The molecule has 1 aliphatic rings. The van der Waals surface area contributed by atoms with E-state index in [-0.39, 0.29) is 0 Å². The molecule has 4 heteroatoms. The van der Waals surface area contributed by atoms with Gasteiger partial charge in [0.2, 0.25) is 5.96 Å². The van der Waals surface area contributed by atoms with E-state index in [0.29, 0.717) is 6.04 Å². The fraction of sp³-hybridized carbons (Fsp3) is 0.778. The first-order valence-electron chi connectivity index (χ1n) is 4.75. The summed E-state index contributed by atoms with van der Waals surface area (Å²) in [6.45, 7) is 6.15. The summed E-state index contributed by atoms with van der Waals surface area (Å²) in [6, 6.07) is 0.313. The van der Waals surface area contributed by atoms with Gasteiger partial charge in [0.15, 0.2) is 6.19 Å². The van der Waals surface area contributed by atoms with E-state index in [0.717, 1.165) is 25.5 Å². The fourth-order valence-corrected chi connectivity index (χ4v) is 1.44. The van der Waals surface area contributed by atoms with Crippen LogP contribution in [-0.2, 0) is 0 Å². The summed E-state index contributed by atoms with van der Waals surface area (Å²) in [5, 5.41) is 11.1. The minimum absolute atomic E-state index is 0.313. The van der Waals surface area contributed by atoms with Gasteiger partial charge in [0, 0.05) is 13.1 Å². The molecule has 0 fully saturated rings. The Labute approximate surface area is 79.3 Å². The van der Waals surface area contributed by atoms with Gasteiger partial charge in [-0.1, -0.05) is 13.3 Å². The molecule has 4 nitrogen and oxygen atoms in total. The van der Waals surface area contributed by atoms with Crippen LogP contribution < -0.4 is 5.32 Å². The van der Waals surface area contributed by atoms with Crippen molar-refractivity contribution in [1.82, 2.24) is 10.2 Å². The average Bonchev–Trinajstić information content (AvgIpc) is 2.44. The minimum Gasteiger partial charge on any atom is -0.340 e. The molecule has 0 aromatic rings. The molecule has 0 aromatic heterocycles. The predicted molar refractivity (Wildman–Crippen MR) is 52.1 cm³/mol. The van der Waals surface area contributed by atoms with Gasteiger partial charge in [0.1, 0.15) is 0 Å². The summed E-state index contributed by atoms with van der Waals surface area (Å²) < 4.78 is 0. The Morgan fingerprint density at radius 1 is 1.77 bits per heavy atom. The van der Waals surface area contributed by atoms with Gasteiger partial charge in [0.05, 0.1) is 6.04 Å². The molecule has 1 rings (SSSR count). The van der Waals surface area contributed by atoms with Gasteiger partial charge in [-0.25, -0.2) is 4.99 Å². The summed E-state index contributed by atoms with van der Waals surface area (Å²) in [7, 11) is 0. The molecule has 0 amide bonds. The van der Waals surface area contributed by atoms with Gasteiger partial charge in [-0.2, -0.15) is 5.26 Å². The standard InChI is InChI=1S/C9H16N4/c1-3-4-5-13-6-8(2)12-9(13)11-7-10/h8H,3-6H2,1-2H3,(H,11,12). The van der Waals surface area contributed by atoms with E-state index in [1.54, 1.807) is 0 Å². The van der Waals surface area contributed by atoms with Crippen molar-refractivity contribution >= 4 is 5.96 Å². The van der Waals surface area contributed by atoms with Gasteiger partial charge in [-0.15, -0.1) is 0 Å². The summed E-state index contributed by atoms with van der Waals surface area (Å²) in [5.41, 5.74) is 0. The van der Waals surface area contributed by atoms with Crippen molar-refractivity contribution in [2.75, 3.05) is 13.1 Å². The Morgan fingerprint density at radius 3 is 3.15 bits per heavy atom. The van der Waals surface area contributed by atoms with Crippen molar-refractivity contribution in [3.8, 4) is 6.19 Å². The molecule has 1 N–H and O–H groups in total. The lowest BCUT2D eigenvalue weighted by Crippen LogP contribution is -2.37. The second-order valence-electron chi connectivity index (χ2n) is 3.34. The SMILES string of the molecule is CCCCN1CC(C)N=C1NC#N. The highest BCUT2D eigenvalue weighted by Crippen LogP contribution is 2.07. The van der Waals surface area contributed by atoms with Crippen LogP contribution in [0, 0.1) is 11.5 Å². The van der Waals surface area contributed by atoms with E-state index in [2.05, 4.69) is 29.1 Å². The van der Waals surface area contributed by atoms with Crippen molar-refractivity contribution in [2.24, 2.45) is 4.99 Å². The molecular weight excluding hydrogens is 164 g/mol. The van der Waals surface area contributed by atoms with Crippen LogP contribution in [0.3, 0.4) is 0 Å².